The third-order valence-electron chi connectivity index (χ3n) is 4.08. The molecule has 6 heteroatoms. The number of fused-ring (bicyclic) bond motifs is 1. The number of ether oxygens (including phenoxy) is 3. The zero-order chi connectivity index (χ0) is 18.2. The molecule has 0 atom stereocenters. The Morgan fingerprint density at radius 2 is 1.73 bits per heavy atom. The first kappa shape index (κ1) is 18.1. The molecule has 0 saturated carbocycles. The Morgan fingerprint density at radius 1 is 1.00 bits per heavy atom. The van der Waals surface area contributed by atoms with E-state index in [9.17, 15) is 4.79 Å². The minimum absolute atomic E-state index is 0.217. The van der Waals surface area contributed by atoms with Gasteiger partial charge in [0.1, 0.15) is 13.2 Å². The van der Waals surface area contributed by atoms with Gasteiger partial charge in [-0.05, 0) is 35.7 Å². The molecule has 3 rings (SSSR count). The van der Waals surface area contributed by atoms with E-state index in [4.69, 9.17) is 14.2 Å². The van der Waals surface area contributed by atoms with Gasteiger partial charge in [0.05, 0.1) is 6.61 Å². The van der Waals surface area contributed by atoms with Gasteiger partial charge in [0.25, 0.3) is 0 Å². The molecular weight excluding hydrogens is 332 g/mol. The maximum atomic E-state index is 12.1. The number of rotatable bonds is 7. The number of nitrogens with one attached hydrogen (secondary N) is 2. The van der Waals surface area contributed by atoms with Crippen molar-refractivity contribution in [3.63, 3.8) is 0 Å². The number of amides is 2. The number of urea groups is 1. The Morgan fingerprint density at radius 3 is 2.54 bits per heavy atom. The normalized spacial score (nSPS) is 12.5. The highest BCUT2D eigenvalue weighted by atomic mass is 16.6. The van der Waals surface area contributed by atoms with Gasteiger partial charge >= 0.3 is 6.03 Å². The Kier molecular flexibility index (Phi) is 6.33. The predicted octanol–water partition coefficient (Wildman–Crippen LogP) is 2.99. The van der Waals surface area contributed by atoms with Gasteiger partial charge in [0.15, 0.2) is 11.5 Å². The highest BCUT2D eigenvalue weighted by Gasteiger charge is 2.12. The molecule has 2 aromatic rings. The molecule has 1 aliphatic heterocycles. The fraction of sp³-hybridized carbons (Fsp3) is 0.350. The van der Waals surface area contributed by atoms with E-state index in [2.05, 4.69) is 10.6 Å². The maximum Gasteiger partial charge on any atom is 0.315 e. The third-order valence-corrected chi connectivity index (χ3v) is 4.08. The molecule has 0 aliphatic carbocycles. The monoisotopic (exact) mass is 356 g/mol. The average Bonchev–Trinajstić information content (AvgIpc) is 2.69. The van der Waals surface area contributed by atoms with Gasteiger partial charge < -0.3 is 24.8 Å². The molecular formula is C20H24N2O4. The first-order valence-electron chi connectivity index (χ1n) is 8.81. The second-order valence-corrected chi connectivity index (χ2v) is 5.92. The molecule has 6 nitrogen and oxygen atoms in total. The summed E-state index contributed by atoms with van der Waals surface area (Å²) in [4.78, 5) is 12.1. The Bertz CT molecular complexity index is 748. The summed E-state index contributed by atoms with van der Waals surface area (Å²) in [5.74, 6) is 1.47. The smallest absolute Gasteiger partial charge is 0.315 e. The topological polar surface area (TPSA) is 68.8 Å². The van der Waals surface area contributed by atoms with Crippen molar-refractivity contribution in [3.8, 4) is 11.5 Å². The summed E-state index contributed by atoms with van der Waals surface area (Å²) in [5, 5.41) is 5.75. The van der Waals surface area contributed by atoms with Gasteiger partial charge in [-0.3, -0.25) is 0 Å². The van der Waals surface area contributed by atoms with Gasteiger partial charge in [-0.15, -0.1) is 0 Å². The molecule has 138 valence electrons. The number of benzene rings is 2. The minimum Gasteiger partial charge on any atom is -0.486 e. The van der Waals surface area contributed by atoms with Gasteiger partial charge in [-0.25, -0.2) is 4.79 Å². The lowest BCUT2D eigenvalue weighted by molar-refractivity contribution is 0.133. The summed E-state index contributed by atoms with van der Waals surface area (Å²) >= 11 is 0. The van der Waals surface area contributed by atoms with Crippen molar-refractivity contribution in [2.24, 2.45) is 0 Å². The molecule has 2 N–H and O–H groups in total. The van der Waals surface area contributed by atoms with E-state index in [1.165, 1.54) is 0 Å². The largest absolute Gasteiger partial charge is 0.486 e. The van der Waals surface area contributed by atoms with E-state index in [0.717, 1.165) is 28.2 Å². The molecule has 0 spiro atoms. The summed E-state index contributed by atoms with van der Waals surface area (Å²) in [6, 6.07) is 13.4. The quantitative estimate of drug-likeness (QED) is 0.800. The van der Waals surface area contributed by atoms with Crippen LogP contribution in [-0.4, -0.2) is 25.9 Å². The Labute approximate surface area is 153 Å². The van der Waals surface area contributed by atoms with Crippen LogP contribution in [0.5, 0.6) is 11.5 Å². The van der Waals surface area contributed by atoms with Crippen LogP contribution in [0.4, 0.5) is 4.79 Å². The molecule has 0 radical (unpaired) electrons. The fourth-order valence-electron chi connectivity index (χ4n) is 2.70. The predicted molar refractivity (Wildman–Crippen MR) is 98.3 cm³/mol. The molecule has 0 fully saturated rings. The maximum absolute atomic E-state index is 12.1. The minimum atomic E-state index is -0.217. The van der Waals surface area contributed by atoms with Crippen molar-refractivity contribution in [1.29, 1.82) is 0 Å². The van der Waals surface area contributed by atoms with Crippen molar-refractivity contribution < 1.29 is 19.0 Å². The summed E-state index contributed by atoms with van der Waals surface area (Å²) in [6.45, 7) is 5.17. The summed E-state index contributed by atoms with van der Waals surface area (Å²) in [5.41, 5.74) is 3.10. The summed E-state index contributed by atoms with van der Waals surface area (Å²) in [7, 11) is 0. The zero-order valence-electron chi connectivity index (χ0n) is 14.9. The molecule has 0 saturated heterocycles. The van der Waals surface area contributed by atoms with Crippen LogP contribution in [0.25, 0.3) is 0 Å². The van der Waals surface area contributed by atoms with E-state index in [0.29, 0.717) is 39.5 Å². The van der Waals surface area contributed by atoms with Crippen LogP contribution >= 0.6 is 0 Å². The van der Waals surface area contributed by atoms with Crippen molar-refractivity contribution >= 4 is 6.03 Å². The van der Waals surface area contributed by atoms with E-state index in [1.54, 1.807) is 0 Å². The molecule has 2 aromatic carbocycles. The highest BCUT2D eigenvalue weighted by molar-refractivity contribution is 5.73. The van der Waals surface area contributed by atoms with Crippen LogP contribution < -0.4 is 20.1 Å². The van der Waals surface area contributed by atoms with Gasteiger partial charge in [-0.2, -0.15) is 0 Å². The molecule has 1 aliphatic rings. The van der Waals surface area contributed by atoms with Crippen LogP contribution in [-0.2, 0) is 24.4 Å². The van der Waals surface area contributed by atoms with Crippen LogP contribution in [0.15, 0.2) is 42.5 Å². The molecule has 0 unspecified atom stereocenters. The molecule has 2 amide bonds. The number of hydrogen-bond donors (Lipinski definition) is 2. The lowest BCUT2D eigenvalue weighted by Gasteiger charge is -2.19. The van der Waals surface area contributed by atoms with E-state index in [-0.39, 0.29) is 6.03 Å². The molecule has 0 aromatic heterocycles. The van der Waals surface area contributed by atoms with E-state index in [1.807, 2.05) is 49.4 Å². The van der Waals surface area contributed by atoms with Gasteiger partial charge in [0.2, 0.25) is 0 Å². The summed E-state index contributed by atoms with van der Waals surface area (Å²) in [6.07, 6.45) is 0. The summed E-state index contributed by atoms with van der Waals surface area (Å²) < 4.78 is 16.5. The van der Waals surface area contributed by atoms with Crippen molar-refractivity contribution in [3.05, 3.63) is 59.2 Å². The van der Waals surface area contributed by atoms with Crippen molar-refractivity contribution in [1.82, 2.24) is 10.6 Å². The van der Waals surface area contributed by atoms with Crippen LogP contribution in [0.2, 0.25) is 0 Å². The fourth-order valence-corrected chi connectivity index (χ4v) is 2.70. The second-order valence-electron chi connectivity index (χ2n) is 5.92. The van der Waals surface area contributed by atoms with Gasteiger partial charge in [-0.1, -0.05) is 30.3 Å². The molecule has 26 heavy (non-hydrogen) atoms. The highest BCUT2D eigenvalue weighted by Crippen LogP contribution is 2.30. The van der Waals surface area contributed by atoms with Crippen molar-refractivity contribution in [2.75, 3.05) is 19.8 Å². The average molecular weight is 356 g/mol. The Balaban J connectivity index is 1.49. The van der Waals surface area contributed by atoms with E-state index >= 15 is 0 Å². The van der Waals surface area contributed by atoms with E-state index < -0.39 is 0 Å². The second kappa shape index (κ2) is 9.10. The van der Waals surface area contributed by atoms with Gasteiger partial charge in [0, 0.05) is 19.7 Å². The zero-order valence-corrected chi connectivity index (χ0v) is 14.9. The van der Waals surface area contributed by atoms with Crippen LogP contribution in [0.1, 0.15) is 23.6 Å². The number of hydrogen-bond acceptors (Lipinski definition) is 4. The first-order chi connectivity index (χ1) is 12.8. The van der Waals surface area contributed by atoms with Crippen LogP contribution in [0.3, 0.4) is 0 Å². The number of carbonyl (C=O) groups is 1. The third kappa shape index (κ3) is 4.89. The standard InChI is InChI=1S/C20H24N2O4/c1-2-24-14-17-6-4-3-5-16(17)13-22-20(23)21-12-15-7-8-18-19(11-15)26-10-9-25-18/h3-8,11H,2,9-10,12-14H2,1H3,(H2,21,22,23). The lowest BCUT2D eigenvalue weighted by Crippen LogP contribution is -2.34. The Hall–Kier alpha value is -2.73. The molecule has 1 heterocycles. The SMILES string of the molecule is CCOCc1ccccc1CNC(=O)NCc1ccc2c(c1)OCCO2. The molecule has 0 bridgehead atoms. The van der Waals surface area contributed by atoms with Crippen LogP contribution in [0, 0.1) is 0 Å². The van der Waals surface area contributed by atoms with Crippen molar-refractivity contribution in [2.45, 2.75) is 26.6 Å². The lowest BCUT2D eigenvalue weighted by atomic mass is 10.1. The number of carbonyl (C=O) groups excluding carboxylic acids is 1. The first-order valence-corrected chi connectivity index (χ1v) is 8.81.